The third kappa shape index (κ3) is 3.24. The predicted molar refractivity (Wildman–Crippen MR) is 69.1 cm³/mol. The molecule has 17 heavy (non-hydrogen) atoms. The number of ether oxygens (including phenoxy) is 1. The Hall–Kier alpha value is -1.97. The van der Waals surface area contributed by atoms with Crippen molar-refractivity contribution in [3.05, 3.63) is 36.4 Å². The molecule has 0 aromatic heterocycles. The van der Waals surface area contributed by atoms with E-state index in [9.17, 15) is 4.79 Å². The summed E-state index contributed by atoms with van der Waals surface area (Å²) < 4.78 is 5.13. The summed E-state index contributed by atoms with van der Waals surface area (Å²) in [6.45, 7) is 5.54. The van der Waals surface area contributed by atoms with Crippen LogP contribution < -0.4 is 15.8 Å². The van der Waals surface area contributed by atoms with Crippen molar-refractivity contribution in [3.8, 4) is 5.75 Å². The minimum atomic E-state index is -0.227. The van der Waals surface area contributed by atoms with Crippen molar-refractivity contribution in [3.63, 3.8) is 0 Å². The van der Waals surface area contributed by atoms with E-state index in [0.29, 0.717) is 23.4 Å². The average molecular weight is 234 g/mol. The van der Waals surface area contributed by atoms with Gasteiger partial charge in [0.1, 0.15) is 11.3 Å². The molecular formula is C13H18N2O2. The molecular weight excluding hydrogens is 216 g/mol. The maximum atomic E-state index is 12.0. The number of anilines is 1. The lowest BCUT2D eigenvalue weighted by atomic mass is 10.1. The zero-order chi connectivity index (χ0) is 12.8. The number of hydrogen-bond acceptors (Lipinski definition) is 3. The van der Waals surface area contributed by atoms with Gasteiger partial charge in [0.15, 0.2) is 0 Å². The molecule has 0 saturated heterocycles. The molecule has 0 radical (unpaired) electrons. The molecule has 1 aromatic carbocycles. The van der Waals surface area contributed by atoms with Crippen molar-refractivity contribution in [2.75, 3.05) is 12.8 Å². The first-order valence-electron chi connectivity index (χ1n) is 5.44. The summed E-state index contributed by atoms with van der Waals surface area (Å²) in [4.78, 5) is 12.0. The van der Waals surface area contributed by atoms with Crippen LogP contribution in [0.25, 0.3) is 0 Å². The maximum Gasteiger partial charge on any atom is 0.257 e. The molecule has 1 amide bonds. The summed E-state index contributed by atoms with van der Waals surface area (Å²) >= 11 is 0. The van der Waals surface area contributed by atoms with Gasteiger partial charge in [0.2, 0.25) is 0 Å². The molecule has 4 heteroatoms. The SMILES string of the molecule is C=CCC(C)NC(=O)c1c(N)cccc1OC. The topological polar surface area (TPSA) is 64.4 Å². The molecule has 1 atom stereocenters. The van der Waals surface area contributed by atoms with Crippen LogP contribution in [0, 0.1) is 0 Å². The van der Waals surface area contributed by atoms with E-state index in [1.54, 1.807) is 24.3 Å². The fourth-order valence-electron chi connectivity index (χ4n) is 1.57. The number of benzene rings is 1. The first-order valence-corrected chi connectivity index (χ1v) is 5.44. The van der Waals surface area contributed by atoms with Crippen molar-refractivity contribution in [1.82, 2.24) is 5.32 Å². The fourth-order valence-corrected chi connectivity index (χ4v) is 1.57. The van der Waals surface area contributed by atoms with Crippen LogP contribution in [0.2, 0.25) is 0 Å². The Balaban J connectivity index is 2.91. The predicted octanol–water partition coefficient (Wildman–Crippen LogP) is 1.97. The van der Waals surface area contributed by atoms with E-state index in [-0.39, 0.29) is 11.9 Å². The molecule has 0 bridgehead atoms. The van der Waals surface area contributed by atoms with Gasteiger partial charge in [0.05, 0.1) is 7.11 Å². The van der Waals surface area contributed by atoms with Crippen LogP contribution >= 0.6 is 0 Å². The number of methoxy groups -OCH3 is 1. The van der Waals surface area contributed by atoms with Crippen LogP contribution in [0.1, 0.15) is 23.7 Å². The highest BCUT2D eigenvalue weighted by atomic mass is 16.5. The van der Waals surface area contributed by atoms with E-state index >= 15 is 0 Å². The van der Waals surface area contributed by atoms with E-state index < -0.39 is 0 Å². The third-order valence-corrected chi connectivity index (χ3v) is 2.40. The summed E-state index contributed by atoms with van der Waals surface area (Å²) in [6.07, 6.45) is 2.47. The van der Waals surface area contributed by atoms with Gasteiger partial charge in [0.25, 0.3) is 5.91 Å². The molecule has 0 heterocycles. The smallest absolute Gasteiger partial charge is 0.257 e. The Morgan fingerprint density at radius 2 is 2.35 bits per heavy atom. The number of carbonyl (C=O) groups excluding carboxylic acids is 1. The molecule has 0 saturated carbocycles. The molecule has 0 aliphatic carbocycles. The highest BCUT2D eigenvalue weighted by Crippen LogP contribution is 2.23. The number of hydrogen-bond donors (Lipinski definition) is 2. The van der Waals surface area contributed by atoms with Crippen LogP contribution in [-0.2, 0) is 0 Å². The van der Waals surface area contributed by atoms with Gasteiger partial charge in [-0.3, -0.25) is 4.79 Å². The van der Waals surface area contributed by atoms with Crippen LogP contribution in [0.3, 0.4) is 0 Å². The van der Waals surface area contributed by atoms with Gasteiger partial charge in [-0.2, -0.15) is 0 Å². The monoisotopic (exact) mass is 234 g/mol. The largest absolute Gasteiger partial charge is 0.496 e. The summed E-state index contributed by atoms with van der Waals surface area (Å²) in [5.41, 5.74) is 6.58. The summed E-state index contributed by atoms with van der Waals surface area (Å²) in [5, 5.41) is 2.84. The molecule has 0 fully saturated rings. The zero-order valence-electron chi connectivity index (χ0n) is 10.2. The number of amides is 1. The third-order valence-electron chi connectivity index (χ3n) is 2.40. The van der Waals surface area contributed by atoms with Gasteiger partial charge >= 0.3 is 0 Å². The van der Waals surface area contributed by atoms with Crippen molar-refractivity contribution < 1.29 is 9.53 Å². The fraction of sp³-hybridized carbons (Fsp3) is 0.308. The van der Waals surface area contributed by atoms with Crippen molar-refractivity contribution in [1.29, 1.82) is 0 Å². The summed E-state index contributed by atoms with van der Waals surface area (Å²) in [6, 6.07) is 5.15. The second kappa shape index (κ2) is 5.94. The first kappa shape index (κ1) is 13.1. The Kier molecular flexibility index (Phi) is 4.57. The van der Waals surface area contributed by atoms with Crippen LogP contribution in [-0.4, -0.2) is 19.1 Å². The first-order chi connectivity index (χ1) is 8.10. The second-order valence-electron chi connectivity index (χ2n) is 3.82. The summed E-state index contributed by atoms with van der Waals surface area (Å²) in [5.74, 6) is 0.252. The molecule has 1 rings (SSSR count). The van der Waals surface area contributed by atoms with E-state index in [2.05, 4.69) is 11.9 Å². The van der Waals surface area contributed by atoms with Gasteiger partial charge in [-0.15, -0.1) is 6.58 Å². The van der Waals surface area contributed by atoms with E-state index in [1.165, 1.54) is 7.11 Å². The minimum absolute atomic E-state index is 0.0179. The highest BCUT2D eigenvalue weighted by molar-refractivity contribution is 6.02. The number of nitrogens with two attached hydrogens (primary N) is 1. The van der Waals surface area contributed by atoms with Gasteiger partial charge in [-0.1, -0.05) is 12.1 Å². The normalized spacial score (nSPS) is 11.6. The lowest BCUT2D eigenvalue weighted by Gasteiger charge is -2.15. The quantitative estimate of drug-likeness (QED) is 0.604. The van der Waals surface area contributed by atoms with E-state index in [0.717, 1.165) is 0 Å². The van der Waals surface area contributed by atoms with Crippen molar-refractivity contribution >= 4 is 11.6 Å². The zero-order valence-corrected chi connectivity index (χ0v) is 10.2. The van der Waals surface area contributed by atoms with E-state index in [4.69, 9.17) is 10.5 Å². The molecule has 92 valence electrons. The van der Waals surface area contributed by atoms with Gasteiger partial charge in [-0.25, -0.2) is 0 Å². The standard InChI is InChI=1S/C13H18N2O2/c1-4-6-9(2)15-13(16)12-10(14)7-5-8-11(12)17-3/h4-5,7-9H,1,6,14H2,2-3H3,(H,15,16). The number of nitrogens with one attached hydrogen (secondary N) is 1. The molecule has 3 N–H and O–H groups in total. The second-order valence-corrected chi connectivity index (χ2v) is 3.82. The summed E-state index contributed by atoms with van der Waals surface area (Å²) in [7, 11) is 1.51. The molecule has 0 spiro atoms. The van der Waals surface area contributed by atoms with Crippen LogP contribution in [0.15, 0.2) is 30.9 Å². The average Bonchev–Trinajstić information content (AvgIpc) is 2.28. The Labute approximate surface area is 101 Å². The number of carbonyl (C=O) groups is 1. The molecule has 1 aromatic rings. The van der Waals surface area contributed by atoms with Gasteiger partial charge < -0.3 is 15.8 Å². The number of nitrogen functional groups attached to an aromatic ring is 1. The van der Waals surface area contributed by atoms with Crippen molar-refractivity contribution in [2.24, 2.45) is 0 Å². The van der Waals surface area contributed by atoms with Crippen molar-refractivity contribution in [2.45, 2.75) is 19.4 Å². The maximum absolute atomic E-state index is 12.0. The van der Waals surface area contributed by atoms with E-state index in [1.807, 2.05) is 6.92 Å². The Bertz CT molecular complexity index is 416. The van der Waals surface area contributed by atoms with Crippen LogP contribution in [0.4, 0.5) is 5.69 Å². The number of rotatable bonds is 5. The van der Waals surface area contributed by atoms with Gasteiger partial charge in [-0.05, 0) is 25.5 Å². The van der Waals surface area contributed by atoms with Gasteiger partial charge in [0, 0.05) is 11.7 Å². The lowest BCUT2D eigenvalue weighted by Crippen LogP contribution is -2.32. The minimum Gasteiger partial charge on any atom is -0.496 e. The molecule has 4 nitrogen and oxygen atoms in total. The highest BCUT2D eigenvalue weighted by Gasteiger charge is 2.16. The Morgan fingerprint density at radius 3 is 2.94 bits per heavy atom. The lowest BCUT2D eigenvalue weighted by molar-refractivity contribution is 0.0938. The molecule has 1 unspecified atom stereocenters. The Morgan fingerprint density at radius 1 is 1.65 bits per heavy atom. The van der Waals surface area contributed by atoms with Crippen LogP contribution in [0.5, 0.6) is 5.75 Å². The molecule has 0 aliphatic heterocycles. The molecule has 0 aliphatic rings.